The zero-order valence-electron chi connectivity index (χ0n) is 25.1. The number of rotatable bonds is 12. The van der Waals surface area contributed by atoms with E-state index >= 15 is 0 Å². The van der Waals surface area contributed by atoms with Crippen molar-refractivity contribution in [3.8, 4) is 0 Å². The van der Waals surface area contributed by atoms with Crippen LogP contribution in [0.2, 0.25) is 0 Å². The highest BCUT2D eigenvalue weighted by atomic mass is 32.2. The number of carbonyl (C=O) groups is 2. The summed E-state index contributed by atoms with van der Waals surface area (Å²) in [6, 6.07) is 31.5. The van der Waals surface area contributed by atoms with Crippen molar-refractivity contribution in [2.75, 3.05) is 10.8 Å². The molecule has 4 rings (SSSR count). The van der Waals surface area contributed by atoms with E-state index < -0.39 is 28.5 Å². The molecule has 0 unspecified atom stereocenters. The summed E-state index contributed by atoms with van der Waals surface area (Å²) >= 11 is 0. The molecule has 0 saturated heterocycles. The van der Waals surface area contributed by atoms with Crippen LogP contribution in [-0.4, -0.2) is 43.8 Å². The second-order valence-corrected chi connectivity index (χ2v) is 12.9. The van der Waals surface area contributed by atoms with Crippen LogP contribution >= 0.6 is 0 Å². The number of nitrogens with zero attached hydrogens (tertiary/aromatic N) is 2. The fourth-order valence-electron chi connectivity index (χ4n) is 5.06. The van der Waals surface area contributed by atoms with Crippen molar-refractivity contribution in [2.24, 2.45) is 0 Å². The van der Waals surface area contributed by atoms with Crippen LogP contribution in [0.15, 0.2) is 114 Å². The van der Waals surface area contributed by atoms with Crippen LogP contribution < -0.4 is 9.62 Å². The molecule has 4 aromatic carbocycles. The second-order valence-electron chi connectivity index (χ2n) is 11.0. The summed E-state index contributed by atoms with van der Waals surface area (Å²) in [5, 5.41) is 2.98. The predicted octanol–water partition coefficient (Wildman–Crippen LogP) is 5.66. The first kappa shape index (κ1) is 31.5. The number of benzene rings is 4. The van der Waals surface area contributed by atoms with Gasteiger partial charge in [0.2, 0.25) is 11.8 Å². The summed E-state index contributed by atoms with van der Waals surface area (Å²) in [7, 11) is -4.13. The van der Waals surface area contributed by atoms with Crippen molar-refractivity contribution in [3.05, 3.63) is 131 Å². The van der Waals surface area contributed by atoms with Gasteiger partial charge in [-0.3, -0.25) is 13.9 Å². The zero-order valence-corrected chi connectivity index (χ0v) is 25.9. The monoisotopic (exact) mass is 597 g/mol. The first-order chi connectivity index (χ1) is 20.5. The van der Waals surface area contributed by atoms with Crippen LogP contribution in [0, 0.1) is 13.8 Å². The van der Waals surface area contributed by atoms with Crippen LogP contribution in [0.5, 0.6) is 0 Å². The molecule has 0 aliphatic heterocycles. The van der Waals surface area contributed by atoms with Gasteiger partial charge in [-0.15, -0.1) is 0 Å². The molecule has 0 spiro atoms. The summed E-state index contributed by atoms with van der Waals surface area (Å²) in [6.07, 6.45) is 0.271. The minimum atomic E-state index is -4.13. The van der Waals surface area contributed by atoms with Gasteiger partial charge in [0.15, 0.2) is 0 Å². The maximum Gasteiger partial charge on any atom is 0.264 e. The lowest BCUT2D eigenvalue weighted by molar-refractivity contribution is -0.140. The van der Waals surface area contributed by atoms with Crippen molar-refractivity contribution in [3.63, 3.8) is 0 Å². The molecule has 0 aliphatic rings. The fourth-order valence-corrected chi connectivity index (χ4v) is 6.48. The second kappa shape index (κ2) is 14.2. The quantitative estimate of drug-likeness (QED) is 0.228. The number of hydrogen-bond donors (Lipinski definition) is 1. The van der Waals surface area contributed by atoms with E-state index in [4.69, 9.17) is 0 Å². The number of carbonyl (C=O) groups excluding carboxylic acids is 2. The van der Waals surface area contributed by atoms with Gasteiger partial charge in [0.25, 0.3) is 10.0 Å². The molecule has 0 aliphatic carbocycles. The minimum absolute atomic E-state index is 0.0787. The summed E-state index contributed by atoms with van der Waals surface area (Å²) in [6.45, 7) is 7.17. The third-order valence-electron chi connectivity index (χ3n) is 7.00. The van der Waals surface area contributed by atoms with Crippen molar-refractivity contribution in [1.82, 2.24) is 10.2 Å². The van der Waals surface area contributed by atoms with Crippen LogP contribution in [-0.2, 0) is 32.6 Å². The van der Waals surface area contributed by atoms with Gasteiger partial charge in [-0.2, -0.15) is 0 Å². The summed E-state index contributed by atoms with van der Waals surface area (Å²) in [5.41, 5.74) is 3.85. The molecule has 0 aromatic heterocycles. The highest BCUT2D eigenvalue weighted by molar-refractivity contribution is 7.92. The SMILES string of the molecule is Cc1cc(C)cc(N(CC(=O)N(Cc2ccccc2)[C@@H](Cc2ccccc2)C(=O)NC(C)C)S(=O)(=O)c2ccccc2)c1. The molecule has 0 fully saturated rings. The van der Waals surface area contributed by atoms with Gasteiger partial charge in [-0.1, -0.05) is 84.9 Å². The lowest BCUT2D eigenvalue weighted by Gasteiger charge is -2.34. The number of aryl methyl sites for hydroxylation is 2. The van der Waals surface area contributed by atoms with Gasteiger partial charge in [-0.25, -0.2) is 8.42 Å². The van der Waals surface area contributed by atoms with E-state index in [9.17, 15) is 18.0 Å². The third kappa shape index (κ3) is 8.32. The molecule has 0 heterocycles. The molecule has 2 amide bonds. The lowest BCUT2D eigenvalue weighted by Crippen LogP contribution is -2.54. The summed E-state index contributed by atoms with van der Waals surface area (Å²) < 4.78 is 29.3. The average molecular weight is 598 g/mol. The largest absolute Gasteiger partial charge is 0.352 e. The molecule has 7 nitrogen and oxygen atoms in total. The molecule has 0 bridgehead atoms. The Balaban J connectivity index is 1.81. The Morgan fingerprint density at radius 2 is 1.26 bits per heavy atom. The molecule has 4 aromatic rings. The van der Waals surface area contributed by atoms with Crippen LogP contribution in [0.3, 0.4) is 0 Å². The topological polar surface area (TPSA) is 86.8 Å². The highest BCUT2D eigenvalue weighted by Gasteiger charge is 2.34. The van der Waals surface area contributed by atoms with Crippen molar-refractivity contribution >= 4 is 27.5 Å². The molecule has 8 heteroatoms. The molecular weight excluding hydrogens is 558 g/mol. The van der Waals surface area contributed by atoms with E-state index in [-0.39, 0.29) is 29.8 Å². The maximum absolute atomic E-state index is 14.4. The molecule has 224 valence electrons. The number of nitrogens with one attached hydrogen (secondary N) is 1. The van der Waals surface area contributed by atoms with Crippen LogP contribution in [0.4, 0.5) is 5.69 Å². The Morgan fingerprint density at radius 1 is 0.744 bits per heavy atom. The number of amides is 2. The van der Waals surface area contributed by atoms with Crippen LogP contribution in [0.1, 0.15) is 36.1 Å². The van der Waals surface area contributed by atoms with Crippen molar-refractivity contribution in [2.45, 2.75) is 57.6 Å². The smallest absolute Gasteiger partial charge is 0.264 e. The van der Waals surface area contributed by atoms with E-state index in [2.05, 4.69) is 5.32 Å². The predicted molar refractivity (Wildman–Crippen MR) is 171 cm³/mol. The minimum Gasteiger partial charge on any atom is -0.352 e. The Morgan fingerprint density at radius 3 is 1.79 bits per heavy atom. The summed E-state index contributed by atoms with van der Waals surface area (Å²) in [5.74, 6) is -0.783. The Bertz CT molecular complexity index is 1610. The zero-order chi connectivity index (χ0) is 31.0. The van der Waals surface area contributed by atoms with Gasteiger partial charge in [0, 0.05) is 19.0 Å². The van der Waals surface area contributed by atoms with Crippen molar-refractivity contribution in [1.29, 1.82) is 0 Å². The average Bonchev–Trinajstić information content (AvgIpc) is 2.98. The highest BCUT2D eigenvalue weighted by Crippen LogP contribution is 2.27. The fraction of sp³-hybridized carbons (Fsp3) is 0.257. The Hall–Kier alpha value is -4.43. The van der Waals surface area contributed by atoms with Crippen molar-refractivity contribution < 1.29 is 18.0 Å². The van der Waals surface area contributed by atoms with Gasteiger partial charge in [0.1, 0.15) is 12.6 Å². The van der Waals surface area contributed by atoms with E-state index in [1.807, 2.05) is 94.4 Å². The third-order valence-corrected chi connectivity index (χ3v) is 8.79. The maximum atomic E-state index is 14.4. The first-order valence-corrected chi connectivity index (χ1v) is 15.8. The van der Waals surface area contributed by atoms with Gasteiger partial charge >= 0.3 is 0 Å². The molecule has 0 saturated carbocycles. The first-order valence-electron chi connectivity index (χ1n) is 14.4. The van der Waals surface area contributed by atoms with Gasteiger partial charge < -0.3 is 10.2 Å². The van der Waals surface area contributed by atoms with Gasteiger partial charge in [-0.05, 0) is 74.2 Å². The Labute approximate surface area is 255 Å². The lowest BCUT2D eigenvalue weighted by atomic mass is 10.0. The Kier molecular flexibility index (Phi) is 10.4. The summed E-state index contributed by atoms with van der Waals surface area (Å²) in [4.78, 5) is 29.8. The standard InChI is InChI=1S/C35H39N3O4S/c1-26(2)36-35(40)33(23-29-14-8-5-9-15-29)37(24-30-16-10-6-11-17-30)34(39)25-38(31-21-27(3)20-28(4)22-31)43(41,42)32-18-12-7-13-19-32/h5-22,26,33H,23-25H2,1-4H3,(H,36,40)/t33-/m0/s1. The number of anilines is 1. The molecule has 1 N–H and O–H groups in total. The van der Waals surface area contributed by atoms with E-state index in [1.165, 1.54) is 17.0 Å². The van der Waals surface area contributed by atoms with E-state index in [0.29, 0.717) is 5.69 Å². The van der Waals surface area contributed by atoms with E-state index in [0.717, 1.165) is 26.6 Å². The van der Waals surface area contributed by atoms with Gasteiger partial charge in [0.05, 0.1) is 10.6 Å². The van der Waals surface area contributed by atoms with Crippen LogP contribution in [0.25, 0.3) is 0 Å². The molecule has 43 heavy (non-hydrogen) atoms. The molecule has 1 atom stereocenters. The van der Waals surface area contributed by atoms with E-state index in [1.54, 1.807) is 30.3 Å². The molecule has 0 radical (unpaired) electrons. The number of hydrogen-bond acceptors (Lipinski definition) is 4. The molecular formula is C35H39N3O4S. The normalized spacial score (nSPS) is 12.0. The number of sulfonamides is 1.